The molecule has 3 heteroatoms. The zero-order valence-electron chi connectivity index (χ0n) is 10.5. The maximum Gasteiger partial charge on any atom is 0.225 e. The van der Waals surface area contributed by atoms with Gasteiger partial charge < -0.3 is 10.2 Å². The van der Waals surface area contributed by atoms with Crippen molar-refractivity contribution in [2.24, 2.45) is 5.92 Å². The molecule has 1 amide bonds. The number of nitrogens with zero attached hydrogens (tertiary/aromatic N) is 1. The molecule has 0 aromatic heterocycles. The predicted octanol–water partition coefficient (Wildman–Crippen LogP) is 1.78. The summed E-state index contributed by atoms with van der Waals surface area (Å²) in [6.07, 6.45) is 6.54. The molecule has 92 valence electrons. The molecule has 0 spiro atoms. The summed E-state index contributed by atoms with van der Waals surface area (Å²) >= 11 is 0. The molecular formula is C13H24N2O. The van der Waals surface area contributed by atoms with Crippen LogP contribution in [0.4, 0.5) is 0 Å². The molecular weight excluding hydrogens is 200 g/mol. The molecule has 16 heavy (non-hydrogen) atoms. The van der Waals surface area contributed by atoms with E-state index in [9.17, 15) is 4.79 Å². The van der Waals surface area contributed by atoms with Gasteiger partial charge in [0.1, 0.15) is 0 Å². The second kappa shape index (κ2) is 5.17. The van der Waals surface area contributed by atoms with Crippen LogP contribution in [0.2, 0.25) is 0 Å². The maximum absolute atomic E-state index is 11.8. The Labute approximate surface area is 98.6 Å². The summed E-state index contributed by atoms with van der Waals surface area (Å²) in [5, 5.41) is 3.71. The molecule has 1 aliphatic heterocycles. The van der Waals surface area contributed by atoms with E-state index >= 15 is 0 Å². The van der Waals surface area contributed by atoms with Gasteiger partial charge in [-0.2, -0.15) is 0 Å². The Morgan fingerprint density at radius 1 is 1.19 bits per heavy atom. The van der Waals surface area contributed by atoms with Gasteiger partial charge in [0.05, 0.1) is 0 Å². The van der Waals surface area contributed by atoms with Gasteiger partial charge in [-0.1, -0.05) is 26.7 Å². The number of amides is 1. The van der Waals surface area contributed by atoms with Crippen molar-refractivity contribution >= 4 is 5.91 Å². The van der Waals surface area contributed by atoms with Gasteiger partial charge in [0, 0.05) is 31.1 Å². The molecule has 1 heterocycles. The summed E-state index contributed by atoms with van der Waals surface area (Å²) in [5.74, 6) is 0.459. The normalized spacial score (nSPS) is 26.9. The SMILES string of the molecule is CC(C)C(=O)N1CCC(NC2CCCC2)C1. The Hall–Kier alpha value is -0.570. The Morgan fingerprint density at radius 2 is 1.88 bits per heavy atom. The highest BCUT2D eigenvalue weighted by Gasteiger charge is 2.29. The first kappa shape index (κ1) is 11.9. The fourth-order valence-corrected chi connectivity index (χ4v) is 2.89. The zero-order valence-corrected chi connectivity index (χ0v) is 10.5. The van der Waals surface area contributed by atoms with Crippen LogP contribution in [0.25, 0.3) is 0 Å². The molecule has 0 bridgehead atoms. The molecule has 0 radical (unpaired) electrons. The standard InChI is InChI=1S/C13H24N2O/c1-10(2)13(16)15-8-7-12(9-15)14-11-5-3-4-6-11/h10-12,14H,3-9H2,1-2H3. The number of carbonyl (C=O) groups excluding carboxylic acids is 1. The largest absolute Gasteiger partial charge is 0.341 e. The van der Waals surface area contributed by atoms with E-state index < -0.39 is 0 Å². The van der Waals surface area contributed by atoms with Crippen molar-refractivity contribution in [1.29, 1.82) is 0 Å². The molecule has 1 atom stereocenters. The first-order valence-corrected chi connectivity index (χ1v) is 6.71. The van der Waals surface area contributed by atoms with Crippen LogP contribution in [-0.2, 0) is 4.79 Å². The minimum Gasteiger partial charge on any atom is -0.341 e. The van der Waals surface area contributed by atoms with E-state index in [1.807, 2.05) is 18.7 Å². The van der Waals surface area contributed by atoms with Gasteiger partial charge in [0.2, 0.25) is 5.91 Å². The number of carbonyl (C=O) groups is 1. The average molecular weight is 224 g/mol. The second-order valence-corrected chi connectivity index (χ2v) is 5.57. The van der Waals surface area contributed by atoms with E-state index in [4.69, 9.17) is 0 Å². The molecule has 1 unspecified atom stereocenters. The second-order valence-electron chi connectivity index (χ2n) is 5.57. The van der Waals surface area contributed by atoms with Gasteiger partial charge in [-0.25, -0.2) is 0 Å². The van der Waals surface area contributed by atoms with Crippen LogP contribution >= 0.6 is 0 Å². The minimum absolute atomic E-state index is 0.144. The van der Waals surface area contributed by atoms with Gasteiger partial charge in [-0.3, -0.25) is 4.79 Å². The third-order valence-electron chi connectivity index (χ3n) is 3.82. The molecule has 1 saturated carbocycles. The van der Waals surface area contributed by atoms with Crippen molar-refractivity contribution in [2.45, 2.75) is 58.0 Å². The zero-order chi connectivity index (χ0) is 11.5. The molecule has 2 aliphatic rings. The van der Waals surface area contributed by atoms with Crippen molar-refractivity contribution in [3.63, 3.8) is 0 Å². The number of nitrogens with one attached hydrogen (secondary N) is 1. The molecule has 2 rings (SSSR count). The summed E-state index contributed by atoms with van der Waals surface area (Å²) in [7, 11) is 0. The molecule has 2 fully saturated rings. The van der Waals surface area contributed by atoms with E-state index in [1.54, 1.807) is 0 Å². The van der Waals surface area contributed by atoms with E-state index in [-0.39, 0.29) is 5.92 Å². The van der Waals surface area contributed by atoms with Crippen molar-refractivity contribution < 1.29 is 4.79 Å². The lowest BCUT2D eigenvalue weighted by atomic mass is 10.2. The van der Waals surface area contributed by atoms with Crippen LogP contribution in [0.15, 0.2) is 0 Å². The summed E-state index contributed by atoms with van der Waals surface area (Å²) in [6, 6.07) is 1.27. The van der Waals surface area contributed by atoms with Gasteiger partial charge in [-0.15, -0.1) is 0 Å². The van der Waals surface area contributed by atoms with Gasteiger partial charge in [0.25, 0.3) is 0 Å². The monoisotopic (exact) mass is 224 g/mol. The van der Waals surface area contributed by atoms with Crippen molar-refractivity contribution in [3.05, 3.63) is 0 Å². The predicted molar refractivity (Wildman–Crippen MR) is 65.2 cm³/mol. The summed E-state index contributed by atoms with van der Waals surface area (Å²) in [4.78, 5) is 13.9. The number of hydrogen-bond donors (Lipinski definition) is 1. The summed E-state index contributed by atoms with van der Waals surface area (Å²) < 4.78 is 0. The third-order valence-corrected chi connectivity index (χ3v) is 3.82. The number of rotatable bonds is 3. The maximum atomic E-state index is 11.8. The van der Waals surface area contributed by atoms with Gasteiger partial charge >= 0.3 is 0 Å². The number of likely N-dealkylation sites (tertiary alicyclic amines) is 1. The van der Waals surface area contributed by atoms with Gasteiger partial charge in [0.15, 0.2) is 0 Å². The first-order valence-electron chi connectivity index (χ1n) is 6.71. The summed E-state index contributed by atoms with van der Waals surface area (Å²) in [5.41, 5.74) is 0. The fraction of sp³-hybridized carbons (Fsp3) is 0.923. The molecule has 1 saturated heterocycles. The third kappa shape index (κ3) is 2.76. The highest BCUT2D eigenvalue weighted by molar-refractivity contribution is 5.78. The average Bonchev–Trinajstić information content (AvgIpc) is 2.88. The summed E-state index contributed by atoms with van der Waals surface area (Å²) in [6.45, 7) is 5.84. The Bertz CT molecular complexity index is 246. The van der Waals surface area contributed by atoms with Gasteiger partial charge in [-0.05, 0) is 19.3 Å². The smallest absolute Gasteiger partial charge is 0.225 e. The lowest BCUT2D eigenvalue weighted by molar-refractivity contribution is -0.133. The van der Waals surface area contributed by atoms with Crippen molar-refractivity contribution in [3.8, 4) is 0 Å². The highest BCUT2D eigenvalue weighted by atomic mass is 16.2. The van der Waals surface area contributed by atoms with Crippen LogP contribution in [-0.4, -0.2) is 36.0 Å². The molecule has 0 aromatic carbocycles. The Morgan fingerprint density at radius 3 is 2.50 bits per heavy atom. The topological polar surface area (TPSA) is 32.3 Å². The Kier molecular flexibility index (Phi) is 3.85. The minimum atomic E-state index is 0.144. The van der Waals surface area contributed by atoms with E-state index in [0.29, 0.717) is 11.9 Å². The molecule has 0 aromatic rings. The van der Waals surface area contributed by atoms with E-state index in [0.717, 1.165) is 25.6 Å². The lowest BCUT2D eigenvalue weighted by Gasteiger charge is -2.21. The number of hydrogen-bond acceptors (Lipinski definition) is 2. The van der Waals surface area contributed by atoms with Crippen LogP contribution < -0.4 is 5.32 Å². The fourth-order valence-electron chi connectivity index (χ4n) is 2.89. The van der Waals surface area contributed by atoms with Crippen LogP contribution in [0, 0.1) is 5.92 Å². The first-order chi connectivity index (χ1) is 7.66. The van der Waals surface area contributed by atoms with Crippen LogP contribution in [0.3, 0.4) is 0 Å². The van der Waals surface area contributed by atoms with Crippen molar-refractivity contribution in [1.82, 2.24) is 10.2 Å². The Balaban J connectivity index is 1.76. The van der Waals surface area contributed by atoms with Crippen molar-refractivity contribution in [2.75, 3.05) is 13.1 Å². The quantitative estimate of drug-likeness (QED) is 0.792. The molecule has 1 aliphatic carbocycles. The highest BCUT2D eigenvalue weighted by Crippen LogP contribution is 2.20. The lowest BCUT2D eigenvalue weighted by Crippen LogP contribution is -2.40. The molecule has 1 N–H and O–H groups in total. The van der Waals surface area contributed by atoms with E-state index in [1.165, 1.54) is 25.7 Å². The van der Waals surface area contributed by atoms with E-state index in [2.05, 4.69) is 5.32 Å². The van der Waals surface area contributed by atoms with Crippen LogP contribution in [0.5, 0.6) is 0 Å². The van der Waals surface area contributed by atoms with Crippen LogP contribution in [0.1, 0.15) is 46.0 Å². The molecule has 3 nitrogen and oxygen atoms in total.